The van der Waals surface area contributed by atoms with Gasteiger partial charge in [0.1, 0.15) is 0 Å². The first-order chi connectivity index (χ1) is 5.58. The van der Waals surface area contributed by atoms with Gasteiger partial charge in [-0.05, 0) is 30.6 Å². The van der Waals surface area contributed by atoms with Crippen LogP contribution in [0.3, 0.4) is 0 Å². The van der Waals surface area contributed by atoms with Crippen LogP contribution in [0.2, 0.25) is 0 Å². The van der Waals surface area contributed by atoms with Gasteiger partial charge in [0.25, 0.3) is 0 Å². The Labute approximate surface area is 76.2 Å². The summed E-state index contributed by atoms with van der Waals surface area (Å²) in [5.74, 6) is 0.553. The van der Waals surface area contributed by atoms with Crippen molar-refractivity contribution in [3.63, 3.8) is 0 Å². The lowest BCUT2D eigenvalue weighted by Gasteiger charge is -2.30. The molecule has 0 radical (unpaired) electrons. The third kappa shape index (κ3) is 2.01. The molecule has 2 atom stereocenters. The third-order valence-corrected chi connectivity index (χ3v) is 3.39. The van der Waals surface area contributed by atoms with Crippen LogP contribution < -0.4 is 0 Å². The van der Waals surface area contributed by atoms with E-state index in [2.05, 4.69) is 20.8 Å². The summed E-state index contributed by atoms with van der Waals surface area (Å²) in [5.41, 5.74) is 0.384. The van der Waals surface area contributed by atoms with Crippen molar-refractivity contribution in [3.8, 4) is 0 Å². The molecule has 72 valence electrons. The van der Waals surface area contributed by atoms with Gasteiger partial charge in [-0.15, -0.1) is 0 Å². The number of rotatable bonds is 3. The maximum Gasteiger partial charge on any atom is 0.0573 e. The molecule has 0 saturated heterocycles. The number of hydrogen-bond donors (Lipinski definition) is 1. The van der Waals surface area contributed by atoms with E-state index in [0.717, 1.165) is 12.8 Å². The van der Waals surface area contributed by atoms with Crippen molar-refractivity contribution in [2.45, 2.75) is 59.0 Å². The SMILES string of the molecule is CCCC(O)C1CCCC1(C)C. The van der Waals surface area contributed by atoms with Crippen molar-refractivity contribution in [2.75, 3.05) is 0 Å². The van der Waals surface area contributed by atoms with E-state index >= 15 is 0 Å². The summed E-state index contributed by atoms with van der Waals surface area (Å²) in [6.07, 6.45) is 5.86. The Kier molecular flexibility index (Phi) is 3.16. The van der Waals surface area contributed by atoms with Crippen LogP contribution in [-0.2, 0) is 0 Å². The number of aliphatic hydroxyl groups excluding tert-OH is 1. The highest BCUT2D eigenvalue weighted by molar-refractivity contribution is 4.88. The van der Waals surface area contributed by atoms with Crippen LogP contribution in [0.4, 0.5) is 0 Å². The van der Waals surface area contributed by atoms with Crippen LogP contribution in [0.1, 0.15) is 52.9 Å². The summed E-state index contributed by atoms with van der Waals surface area (Å²) in [4.78, 5) is 0. The molecular weight excluding hydrogens is 148 g/mol. The van der Waals surface area contributed by atoms with Gasteiger partial charge in [0.2, 0.25) is 0 Å². The predicted octanol–water partition coefficient (Wildman–Crippen LogP) is 2.97. The van der Waals surface area contributed by atoms with Gasteiger partial charge in [-0.2, -0.15) is 0 Å². The van der Waals surface area contributed by atoms with Crippen LogP contribution in [0.5, 0.6) is 0 Å². The Morgan fingerprint density at radius 3 is 2.58 bits per heavy atom. The fraction of sp³-hybridized carbons (Fsp3) is 1.00. The van der Waals surface area contributed by atoms with E-state index < -0.39 is 0 Å². The van der Waals surface area contributed by atoms with E-state index in [0.29, 0.717) is 11.3 Å². The predicted molar refractivity (Wildman–Crippen MR) is 52.0 cm³/mol. The standard InChI is InChI=1S/C11H22O/c1-4-6-10(12)9-7-5-8-11(9,2)3/h9-10,12H,4-8H2,1-3H3. The first-order valence-electron chi connectivity index (χ1n) is 5.26. The molecular formula is C11H22O. The van der Waals surface area contributed by atoms with E-state index in [-0.39, 0.29) is 6.10 Å². The monoisotopic (exact) mass is 170 g/mol. The highest BCUT2D eigenvalue weighted by Gasteiger charge is 2.38. The largest absolute Gasteiger partial charge is 0.393 e. The minimum Gasteiger partial charge on any atom is -0.393 e. The second kappa shape index (κ2) is 3.78. The molecule has 1 aliphatic carbocycles. The molecule has 1 nitrogen and oxygen atoms in total. The minimum atomic E-state index is -0.0486. The Hall–Kier alpha value is -0.0400. The zero-order chi connectivity index (χ0) is 9.19. The lowest BCUT2D eigenvalue weighted by molar-refractivity contribution is 0.0470. The van der Waals surface area contributed by atoms with Crippen LogP contribution in [0.25, 0.3) is 0 Å². The average Bonchev–Trinajstić information content (AvgIpc) is 2.30. The second-order valence-electron chi connectivity index (χ2n) is 4.84. The molecule has 0 aromatic carbocycles. The number of hydrogen-bond acceptors (Lipinski definition) is 1. The zero-order valence-corrected chi connectivity index (χ0v) is 8.64. The molecule has 1 rings (SSSR count). The van der Waals surface area contributed by atoms with Crippen molar-refractivity contribution in [1.82, 2.24) is 0 Å². The Balaban J connectivity index is 2.50. The summed E-state index contributed by atoms with van der Waals surface area (Å²) in [6.45, 7) is 6.73. The summed E-state index contributed by atoms with van der Waals surface area (Å²) in [6, 6.07) is 0. The molecule has 0 spiro atoms. The van der Waals surface area contributed by atoms with E-state index in [1.54, 1.807) is 0 Å². The highest BCUT2D eigenvalue weighted by atomic mass is 16.3. The normalized spacial score (nSPS) is 30.5. The van der Waals surface area contributed by atoms with Gasteiger partial charge in [-0.25, -0.2) is 0 Å². The van der Waals surface area contributed by atoms with Crippen molar-refractivity contribution in [2.24, 2.45) is 11.3 Å². The van der Waals surface area contributed by atoms with E-state index in [1.165, 1.54) is 19.3 Å². The van der Waals surface area contributed by atoms with Gasteiger partial charge in [-0.1, -0.05) is 33.6 Å². The van der Waals surface area contributed by atoms with Gasteiger partial charge in [-0.3, -0.25) is 0 Å². The Morgan fingerprint density at radius 1 is 1.50 bits per heavy atom. The zero-order valence-electron chi connectivity index (χ0n) is 8.64. The van der Waals surface area contributed by atoms with Crippen LogP contribution in [0.15, 0.2) is 0 Å². The molecule has 1 heteroatoms. The molecule has 1 saturated carbocycles. The molecule has 0 aromatic heterocycles. The average molecular weight is 170 g/mol. The van der Waals surface area contributed by atoms with Gasteiger partial charge in [0.15, 0.2) is 0 Å². The van der Waals surface area contributed by atoms with E-state index in [1.807, 2.05) is 0 Å². The second-order valence-corrected chi connectivity index (χ2v) is 4.84. The van der Waals surface area contributed by atoms with Crippen LogP contribution in [0, 0.1) is 11.3 Å². The minimum absolute atomic E-state index is 0.0486. The van der Waals surface area contributed by atoms with Crippen molar-refractivity contribution in [1.29, 1.82) is 0 Å². The van der Waals surface area contributed by atoms with Gasteiger partial charge < -0.3 is 5.11 Å². The molecule has 1 aliphatic rings. The highest BCUT2D eigenvalue weighted by Crippen LogP contribution is 2.45. The first-order valence-corrected chi connectivity index (χ1v) is 5.26. The van der Waals surface area contributed by atoms with Crippen LogP contribution >= 0.6 is 0 Å². The topological polar surface area (TPSA) is 20.2 Å². The quantitative estimate of drug-likeness (QED) is 0.690. The van der Waals surface area contributed by atoms with E-state index in [4.69, 9.17) is 0 Å². The first kappa shape index (κ1) is 10.0. The Morgan fingerprint density at radius 2 is 2.17 bits per heavy atom. The summed E-state index contributed by atoms with van der Waals surface area (Å²) in [7, 11) is 0. The molecule has 0 aliphatic heterocycles. The van der Waals surface area contributed by atoms with Gasteiger partial charge in [0.05, 0.1) is 6.10 Å². The summed E-state index contributed by atoms with van der Waals surface area (Å²) in [5, 5.41) is 9.88. The molecule has 2 unspecified atom stereocenters. The van der Waals surface area contributed by atoms with Crippen molar-refractivity contribution in [3.05, 3.63) is 0 Å². The number of aliphatic hydroxyl groups is 1. The van der Waals surface area contributed by atoms with Gasteiger partial charge in [0, 0.05) is 0 Å². The maximum absolute atomic E-state index is 9.88. The maximum atomic E-state index is 9.88. The summed E-state index contributed by atoms with van der Waals surface area (Å²) >= 11 is 0. The summed E-state index contributed by atoms with van der Waals surface area (Å²) < 4.78 is 0. The molecule has 0 bridgehead atoms. The van der Waals surface area contributed by atoms with E-state index in [9.17, 15) is 5.11 Å². The molecule has 0 heterocycles. The lowest BCUT2D eigenvalue weighted by atomic mass is 9.77. The fourth-order valence-corrected chi connectivity index (χ4v) is 2.56. The smallest absolute Gasteiger partial charge is 0.0573 e. The molecule has 0 aromatic rings. The molecule has 0 amide bonds. The van der Waals surface area contributed by atoms with Crippen molar-refractivity contribution < 1.29 is 5.11 Å². The third-order valence-electron chi connectivity index (χ3n) is 3.39. The lowest BCUT2D eigenvalue weighted by Crippen LogP contribution is -2.29. The molecule has 1 N–H and O–H groups in total. The molecule has 12 heavy (non-hydrogen) atoms. The Bertz CT molecular complexity index is 140. The van der Waals surface area contributed by atoms with Crippen LogP contribution in [-0.4, -0.2) is 11.2 Å². The fourth-order valence-electron chi connectivity index (χ4n) is 2.56. The van der Waals surface area contributed by atoms with Crippen molar-refractivity contribution >= 4 is 0 Å². The van der Waals surface area contributed by atoms with Gasteiger partial charge >= 0.3 is 0 Å². The molecule has 1 fully saturated rings.